The number of halogens is 1. The lowest BCUT2D eigenvalue weighted by atomic mass is 10.1. The average molecular weight is 483 g/mol. The van der Waals surface area contributed by atoms with Gasteiger partial charge in [-0.05, 0) is 24.3 Å². The van der Waals surface area contributed by atoms with Gasteiger partial charge in [0.15, 0.2) is 18.1 Å². The summed E-state index contributed by atoms with van der Waals surface area (Å²) in [5.41, 5.74) is 0.963. The van der Waals surface area contributed by atoms with Gasteiger partial charge in [0.25, 0.3) is 11.8 Å². The van der Waals surface area contributed by atoms with Crippen LogP contribution in [0.1, 0.15) is 20.7 Å². The summed E-state index contributed by atoms with van der Waals surface area (Å²) in [6.45, 7) is -0.503. The zero-order valence-corrected chi connectivity index (χ0v) is 19.6. The van der Waals surface area contributed by atoms with Crippen LogP contribution in [0.3, 0.4) is 0 Å². The van der Waals surface area contributed by atoms with Crippen LogP contribution in [0.15, 0.2) is 66.7 Å². The number of carbonyl (C=O) groups is 3. The second-order valence-corrected chi connectivity index (χ2v) is 7.46. The summed E-state index contributed by atoms with van der Waals surface area (Å²) in [5, 5.41) is 2.90. The predicted octanol–water partition coefficient (Wildman–Crippen LogP) is 4.43. The topological polar surface area (TPSA) is 94.2 Å². The molecular formula is C25H23ClN2O6. The van der Waals surface area contributed by atoms with Crippen molar-refractivity contribution in [2.45, 2.75) is 0 Å². The van der Waals surface area contributed by atoms with E-state index in [0.717, 1.165) is 0 Å². The number of likely N-dealkylation sites (N-methyl/N-ethyl adjacent to an activating group) is 1. The molecule has 2 amide bonds. The van der Waals surface area contributed by atoms with Crippen molar-refractivity contribution in [3.05, 3.63) is 82.9 Å². The fourth-order valence-electron chi connectivity index (χ4n) is 3.08. The van der Waals surface area contributed by atoms with Crippen molar-refractivity contribution in [2.75, 3.05) is 38.1 Å². The fraction of sp³-hybridized carbons (Fsp3) is 0.160. The maximum atomic E-state index is 12.9. The molecule has 0 saturated heterocycles. The van der Waals surface area contributed by atoms with E-state index < -0.39 is 24.4 Å². The van der Waals surface area contributed by atoms with E-state index in [1.54, 1.807) is 55.6 Å². The Morgan fingerprint density at radius 1 is 0.882 bits per heavy atom. The Bertz CT molecular complexity index is 1200. The number of methoxy groups -OCH3 is 2. The molecule has 0 fully saturated rings. The number of rotatable bonds is 8. The molecule has 176 valence electrons. The Morgan fingerprint density at radius 2 is 1.50 bits per heavy atom. The molecule has 0 bridgehead atoms. The molecule has 3 aromatic rings. The summed E-state index contributed by atoms with van der Waals surface area (Å²) in [6, 6.07) is 18.2. The van der Waals surface area contributed by atoms with Crippen LogP contribution in [-0.4, -0.2) is 45.7 Å². The normalized spacial score (nSPS) is 10.2. The Morgan fingerprint density at radius 3 is 2.15 bits per heavy atom. The molecule has 0 aliphatic rings. The van der Waals surface area contributed by atoms with Gasteiger partial charge in [0, 0.05) is 24.9 Å². The highest BCUT2D eigenvalue weighted by Gasteiger charge is 2.22. The molecular weight excluding hydrogens is 460 g/mol. The van der Waals surface area contributed by atoms with E-state index >= 15 is 0 Å². The first-order valence-electron chi connectivity index (χ1n) is 10.2. The van der Waals surface area contributed by atoms with Crippen LogP contribution in [0.4, 0.5) is 11.4 Å². The molecule has 1 N–H and O–H groups in total. The third-order valence-electron chi connectivity index (χ3n) is 4.95. The molecule has 0 saturated carbocycles. The van der Waals surface area contributed by atoms with E-state index in [-0.39, 0.29) is 33.3 Å². The lowest BCUT2D eigenvalue weighted by molar-refractivity contribution is -0.121. The van der Waals surface area contributed by atoms with Gasteiger partial charge >= 0.3 is 5.97 Å². The highest BCUT2D eigenvalue weighted by atomic mass is 35.5. The highest BCUT2D eigenvalue weighted by Crippen LogP contribution is 2.34. The zero-order valence-electron chi connectivity index (χ0n) is 18.8. The van der Waals surface area contributed by atoms with Crippen LogP contribution < -0.4 is 19.7 Å². The van der Waals surface area contributed by atoms with Crippen LogP contribution in [0.2, 0.25) is 5.02 Å². The van der Waals surface area contributed by atoms with Crippen molar-refractivity contribution >= 4 is 40.8 Å². The number of nitrogens with one attached hydrogen (secondary N) is 1. The maximum absolute atomic E-state index is 12.9. The number of para-hydroxylation sites is 1. The predicted molar refractivity (Wildman–Crippen MR) is 129 cm³/mol. The van der Waals surface area contributed by atoms with Gasteiger partial charge in [-0.2, -0.15) is 0 Å². The molecule has 3 aromatic carbocycles. The Labute approximate surface area is 202 Å². The molecule has 0 radical (unpaired) electrons. The molecule has 0 spiro atoms. The summed E-state index contributed by atoms with van der Waals surface area (Å²) < 4.78 is 15.8. The lowest BCUT2D eigenvalue weighted by Crippen LogP contribution is -2.31. The molecule has 9 heteroatoms. The molecule has 34 heavy (non-hydrogen) atoms. The van der Waals surface area contributed by atoms with Gasteiger partial charge in [0.05, 0.1) is 36.1 Å². The smallest absolute Gasteiger partial charge is 0.340 e. The number of nitrogens with zero attached hydrogens (tertiary/aromatic N) is 1. The Kier molecular flexibility index (Phi) is 8.10. The van der Waals surface area contributed by atoms with E-state index in [9.17, 15) is 14.4 Å². The molecule has 8 nitrogen and oxygen atoms in total. The van der Waals surface area contributed by atoms with Gasteiger partial charge in [0.1, 0.15) is 0 Å². The number of benzene rings is 3. The quantitative estimate of drug-likeness (QED) is 0.477. The van der Waals surface area contributed by atoms with Crippen LogP contribution in [-0.2, 0) is 9.53 Å². The van der Waals surface area contributed by atoms with Gasteiger partial charge in [-0.3, -0.25) is 9.59 Å². The summed E-state index contributed by atoms with van der Waals surface area (Å²) >= 11 is 6.12. The van der Waals surface area contributed by atoms with Crippen LogP contribution in [0.25, 0.3) is 0 Å². The van der Waals surface area contributed by atoms with Crippen molar-refractivity contribution in [2.24, 2.45) is 0 Å². The molecule has 3 rings (SSSR count). The molecule has 0 unspecified atom stereocenters. The van der Waals surface area contributed by atoms with Gasteiger partial charge in [-0.1, -0.05) is 41.9 Å². The number of hydrogen-bond acceptors (Lipinski definition) is 6. The second kappa shape index (κ2) is 11.2. The van der Waals surface area contributed by atoms with E-state index in [4.69, 9.17) is 25.8 Å². The monoisotopic (exact) mass is 482 g/mol. The SMILES string of the molecule is COc1cc(NC(=O)c2ccccc2Cl)c(C(=O)OCC(=O)N(C)c2ccccc2)cc1OC. The fourth-order valence-corrected chi connectivity index (χ4v) is 3.31. The van der Waals surface area contributed by atoms with E-state index in [1.807, 2.05) is 6.07 Å². The first kappa shape index (κ1) is 24.6. The van der Waals surface area contributed by atoms with Crippen LogP contribution in [0.5, 0.6) is 11.5 Å². The third-order valence-corrected chi connectivity index (χ3v) is 5.28. The number of esters is 1. The standard InChI is InChI=1S/C25H23ClN2O6/c1-28(16-9-5-4-6-10-16)23(29)15-34-25(31)18-13-21(32-2)22(33-3)14-20(18)27-24(30)17-11-7-8-12-19(17)26/h4-14H,15H2,1-3H3,(H,27,30). The average Bonchev–Trinajstić information content (AvgIpc) is 2.86. The molecule has 0 aliphatic heterocycles. The van der Waals surface area contributed by atoms with Crippen molar-refractivity contribution in [3.63, 3.8) is 0 Å². The molecule has 0 aliphatic carbocycles. The Balaban J connectivity index is 1.84. The summed E-state index contributed by atoms with van der Waals surface area (Å²) in [5.74, 6) is -1.26. The minimum atomic E-state index is -0.828. The first-order valence-corrected chi connectivity index (χ1v) is 10.5. The van der Waals surface area contributed by atoms with Crippen molar-refractivity contribution in [1.29, 1.82) is 0 Å². The lowest BCUT2D eigenvalue weighted by Gasteiger charge is -2.18. The van der Waals surface area contributed by atoms with Gasteiger partial charge in [0.2, 0.25) is 0 Å². The van der Waals surface area contributed by atoms with E-state index in [0.29, 0.717) is 5.69 Å². The van der Waals surface area contributed by atoms with Crippen LogP contribution >= 0.6 is 11.6 Å². The van der Waals surface area contributed by atoms with Gasteiger partial charge in [-0.25, -0.2) is 4.79 Å². The number of carbonyl (C=O) groups excluding carboxylic acids is 3. The minimum absolute atomic E-state index is 0.0202. The summed E-state index contributed by atoms with van der Waals surface area (Å²) in [4.78, 5) is 39.6. The van der Waals surface area contributed by atoms with E-state index in [1.165, 1.54) is 31.3 Å². The number of amides is 2. The van der Waals surface area contributed by atoms with Crippen LogP contribution in [0, 0.1) is 0 Å². The Hall–Kier alpha value is -4.04. The minimum Gasteiger partial charge on any atom is -0.493 e. The van der Waals surface area contributed by atoms with Gasteiger partial charge < -0.3 is 24.4 Å². The third kappa shape index (κ3) is 5.65. The number of anilines is 2. The summed E-state index contributed by atoms with van der Waals surface area (Å²) in [6.07, 6.45) is 0. The maximum Gasteiger partial charge on any atom is 0.340 e. The molecule has 0 aromatic heterocycles. The second-order valence-electron chi connectivity index (χ2n) is 7.05. The highest BCUT2D eigenvalue weighted by molar-refractivity contribution is 6.34. The first-order chi connectivity index (χ1) is 16.3. The number of ether oxygens (including phenoxy) is 3. The zero-order chi connectivity index (χ0) is 24.7. The van der Waals surface area contributed by atoms with E-state index in [2.05, 4.69) is 5.32 Å². The van der Waals surface area contributed by atoms with Crippen molar-refractivity contribution < 1.29 is 28.6 Å². The van der Waals surface area contributed by atoms with Crippen molar-refractivity contribution in [3.8, 4) is 11.5 Å². The summed E-state index contributed by atoms with van der Waals surface area (Å²) in [7, 11) is 4.41. The largest absolute Gasteiger partial charge is 0.493 e. The number of hydrogen-bond donors (Lipinski definition) is 1. The molecule has 0 heterocycles. The van der Waals surface area contributed by atoms with Gasteiger partial charge in [-0.15, -0.1) is 0 Å². The molecule has 0 atom stereocenters. The van der Waals surface area contributed by atoms with Crippen molar-refractivity contribution in [1.82, 2.24) is 0 Å².